The molecule has 0 aliphatic heterocycles. The Morgan fingerprint density at radius 1 is 1.29 bits per heavy atom. The molecule has 1 aromatic carbocycles. The minimum absolute atomic E-state index is 0.103. The fourth-order valence-corrected chi connectivity index (χ4v) is 2.29. The van der Waals surface area contributed by atoms with E-state index in [2.05, 4.69) is 5.32 Å². The van der Waals surface area contributed by atoms with E-state index in [1.54, 1.807) is 6.07 Å². The highest BCUT2D eigenvalue weighted by Gasteiger charge is 2.41. The van der Waals surface area contributed by atoms with Gasteiger partial charge in [-0.3, -0.25) is 4.79 Å². The molecule has 2 unspecified atom stereocenters. The predicted molar refractivity (Wildman–Crippen MR) is 73.6 cm³/mol. The van der Waals surface area contributed by atoms with Gasteiger partial charge in [-0.2, -0.15) is 13.2 Å². The zero-order valence-electron chi connectivity index (χ0n) is 11.6. The SMILES string of the molecule is NC(CNC(=O)CC(c1ccccc1)C(F)(F)F)C1CC1. The molecule has 3 N–H and O–H groups in total. The maximum absolute atomic E-state index is 13.1. The first-order valence-corrected chi connectivity index (χ1v) is 7.02. The lowest BCUT2D eigenvalue weighted by Gasteiger charge is -2.21. The number of alkyl halides is 3. The van der Waals surface area contributed by atoms with E-state index in [1.165, 1.54) is 24.3 Å². The second-order valence-electron chi connectivity index (χ2n) is 5.51. The van der Waals surface area contributed by atoms with Crippen molar-refractivity contribution < 1.29 is 18.0 Å². The summed E-state index contributed by atoms with van der Waals surface area (Å²) in [6.45, 7) is 0.239. The minimum atomic E-state index is -4.45. The number of nitrogens with one attached hydrogen (secondary N) is 1. The van der Waals surface area contributed by atoms with Crippen molar-refractivity contribution in [2.45, 2.75) is 37.4 Å². The van der Waals surface area contributed by atoms with Crippen molar-refractivity contribution in [3.8, 4) is 0 Å². The molecule has 2 rings (SSSR count). The van der Waals surface area contributed by atoms with Crippen LogP contribution in [0.25, 0.3) is 0 Å². The fourth-order valence-electron chi connectivity index (χ4n) is 2.29. The molecule has 2 atom stereocenters. The Balaban J connectivity index is 1.93. The molecule has 0 saturated heterocycles. The number of carbonyl (C=O) groups excluding carboxylic acids is 1. The summed E-state index contributed by atoms with van der Waals surface area (Å²) in [5.41, 5.74) is 5.92. The lowest BCUT2D eigenvalue weighted by Crippen LogP contribution is -2.39. The van der Waals surface area contributed by atoms with Crippen molar-refractivity contribution in [2.75, 3.05) is 6.54 Å². The molecule has 1 fully saturated rings. The average Bonchev–Trinajstić information content (AvgIpc) is 3.26. The van der Waals surface area contributed by atoms with Crippen LogP contribution in [0.4, 0.5) is 13.2 Å². The molecule has 6 heteroatoms. The first-order chi connectivity index (χ1) is 9.88. The van der Waals surface area contributed by atoms with E-state index >= 15 is 0 Å². The van der Waals surface area contributed by atoms with E-state index < -0.39 is 24.4 Å². The van der Waals surface area contributed by atoms with Gasteiger partial charge in [0.1, 0.15) is 0 Å². The van der Waals surface area contributed by atoms with Gasteiger partial charge in [-0.05, 0) is 24.3 Å². The highest BCUT2D eigenvalue weighted by molar-refractivity contribution is 5.77. The second-order valence-corrected chi connectivity index (χ2v) is 5.51. The van der Waals surface area contributed by atoms with Gasteiger partial charge in [-0.25, -0.2) is 0 Å². The van der Waals surface area contributed by atoms with E-state index in [9.17, 15) is 18.0 Å². The number of amides is 1. The summed E-state index contributed by atoms with van der Waals surface area (Å²) < 4.78 is 39.3. The quantitative estimate of drug-likeness (QED) is 0.848. The van der Waals surface area contributed by atoms with Crippen LogP contribution in [0.5, 0.6) is 0 Å². The Labute approximate surface area is 121 Å². The zero-order chi connectivity index (χ0) is 15.5. The van der Waals surface area contributed by atoms with Gasteiger partial charge in [0.05, 0.1) is 5.92 Å². The molecule has 0 aromatic heterocycles. The van der Waals surface area contributed by atoms with Crippen LogP contribution in [0.15, 0.2) is 30.3 Å². The smallest absolute Gasteiger partial charge is 0.355 e. The van der Waals surface area contributed by atoms with Gasteiger partial charge in [0.15, 0.2) is 0 Å². The van der Waals surface area contributed by atoms with Gasteiger partial charge in [0.25, 0.3) is 0 Å². The molecule has 1 aliphatic carbocycles. The van der Waals surface area contributed by atoms with Gasteiger partial charge in [-0.15, -0.1) is 0 Å². The van der Waals surface area contributed by atoms with Gasteiger partial charge < -0.3 is 11.1 Å². The largest absolute Gasteiger partial charge is 0.396 e. The summed E-state index contributed by atoms with van der Waals surface area (Å²) in [4.78, 5) is 11.8. The molecule has 1 saturated carbocycles. The molecule has 3 nitrogen and oxygen atoms in total. The Bertz CT molecular complexity index is 472. The molecule has 1 aromatic rings. The number of nitrogens with two attached hydrogens (primary N) is 1. The van der Waals surface area contributed by atoms with Gasteiger partial charge >= 0.3 is 6.18 Å². The summed E-state index contributed by atoms with van der Waals surface area (Å²) >= 11 is 0. The normalized spacial score (nSPS) is 18.1. The third-order valence-electron chi connectivity index (χ3n) is 3.75. The Hall–Kier alpha value is -1.56. The van der Waals surface area contributed by atoms with E-state index in [4.69, 9.17) is 5.73 Å². The van der Waals surface area contributed by atoms with Crippen LogP contribution in [0.1, 0.15) is 30.7 Å². The van der Waals surface area contributed by atoms with Crippen LogP contribution in [0.2, 0.25) is 0 Å². The van der Waals surface area contributed by atoms with Crippen LogP contribution < -0.4 is 11.1 Å². The van der Waals surface area contributed by atoms with Crippen LogP contribution in [0, 0.1) is 5.92 Å². The number of benzene rings is 1. The lowest BCUT2D eigenvalue weighted by atomic mass is 9.94. The molecule has 0 heterocycles. The molecule has 21 heavy (non-hydrogen) atoms. The van der Waals surface area contributed by atoms with Crippen molar-refractivity contribution in [3.63, 3.8) is 0 Å². The number of hydrogen-bond acceptors (Lipinski definition) is 2. The maximum Gasteiger partial charge on any atom is 0.396 e. The molecular formula is C15H19F3N2O. The molecular weight excluding hydrogens is 281 g/mol. The third-order valence-corrected chi connectivity index (χ3v) is 3.75. The van der Waals surface area contributed by atoms with Crippen molar-refractivity contribution in [1.82, 2.24) is 5.32 Å². The molecule has 1 aliphatic rings. The predicted octanol–water partition coefficient (Wildman–Crippen LogP) is 2.58. The average molecular weight is 300 g/mol. The Morgan fingerprint density at radius 3 is 2.43 bits per heavy atom. The first-order valence-electron chi connectivity index (χ1n) is 7.02. The number of carbonyl (C=O) groups is 1. The van der Waals surface area contributed by atoms with Crippen molar-refractivity contribution in [1.29, 1.82) is 0 Å². The zero-order valence-corrected chi connectivity index (χ0v) is 11.6. The molecule has 0 radical (unpaired) electrons. The number of halogens is 3. The van der Waals surface area contributed by atoms with Crippen LogP contribution >= 0.6 is 0 Å². The third kappa shape index (κ3) is 4.74. The van der Waals surface area contributed by atoms with Crippen LogP contribution in [0.3, 0.4) is 0 Å². The molecule has 0 bridgehead atoms. The highest BCUT2D eigenvalue weighted by Crippen LogP contribution is 2.37. The highest BCUT2D eigenvalue weighted by atomic mass is 19.4. The first kappa shape index (κ1) is 15.8. The Kier molecular flexibility index (Phi) is 4.88. The standard InChI is InChI=1S/C15H19F3N2O/c16-15(17,18)12(10-4-2-1-3-5-10)8-14(21)20-9-13(19)11-6-7-11/h1-5,11-13H,6-9,19H2,(H,20,21). The van der Waals surface area contributed by atoms with E-state index in [1.807, 2.05) is 0 Å². The van der Waals surface area contributed by atoms with Gasteiger partial charge in [0.2, 0.25) is 5.91 Å². The summed E-state index contributed by atoms with van der Waals surface area (Å²) in [5.74, 6) is -1.99. The topological polar surface area (TPSA) is 55.1 Å². The van der Waals surface area contributed by atoms with Crippen molar-refractivity contribution in [3.05, 3.63) is 35.9 Å². The molecule has 1 amide bonds. The number of hydrogen-bond donors (Lipinski definition) is 2. The fraction of sp³-hybridized carbons (Fsp3) is 0.533. The van der Waals surface area contributed by atoms with Gasteiger partial charge in [0, 0.05) is 19.0 Å². The van der Waals surface area contributed by atoms with E-state index in [0.717, 1.165) is 12.8 Å². The van der Waals surface area contributed by atoms with Gasteiger partial charge in [-0.1, -0.05) is 30.3 Å². The lowest BCUT2D eigenvalue weighted by molar-refractivity contribution is -0.157. The van der Waals surface area contributed by atoms with Crippen molar-refractivity contribution in [2.24, 2.45) is 11.7 Å². The summed E-state index contributed by atoms with van der Waals surface area (Å²) in [6, 6.07) is 7.34. The molecule has 0 spiro atoms. The van der Waals surface area contributed by atoms with E-state index in [-0.39, 0.29) is 18.2 Å². The van der Waals surface area contributed by atoms with Crippen molar-refractivity contribution >= 4 is 5.91 Å². The van der Waals surface area contributed by atoms with E-state index in [0.29, 0.717) is 5.92 Å². The second kappa shape index (κ2) is 6.47. The minimum Gasteiger partial charge on any atom is -0.355 e. The Morgan fingerprint density at radius 2 is 1.90 bits per heavy atom. The monoisotopic (exact) mass is 300 g/mol. The molecule has 116 valence electrons. The number of rotatable bonds is 6. The van der Waals surface area contributed by atoms with Crippen LogP contribution in [-0.2, 0) is 4.79 Å². The van der Waals surface area contributed by atoms with Crippen LogP contribution in [-0.4, -0.2) is 24.7 Å². The summed E-state index contributed by atoms with van der Waals surface area (Å²) in [6.07, 6.45) is -2.99. The summed E-state index contributed by atoms with van der Waals surface area (Å²) in [7, 11) is 0. The summed E-state index contributed by atoms with van der Waals surface area (Å²) in [5, 5.41) is 2.51. The maximum atomic E-state index is 13.1.